The summed E-state index contributed by atoms with van der Waals surface area (Å²) < 4.78 is 0. The Kier molecular flexibility index (Phi) is 7.06. The highest BCUT2D eigenvalue weighted by Gasteiger charge is 2.49. The first-order valence-corrected chi connectivity index (χ1v) is 12.4. The maximum atomic E-state index is 12.9. The number of benzene rings is 1. The zero-order valence-corrected chi connectivity index (χ0v) is 20.7. The van der Waals surface area contributed by atoms with Crippen LogP contribution in [0.1, 0.15) is 50.2 Å². The number of non-ortho nitro benzene ring substituents is 1. The Morgan fingerprint density at radius 3 is 2.77 bits per heavy atom. The average molecular weight is 497 g/mol. The Bertz CT molecular complexity index is 1250. The van der Waals surface area contributed by atoms with Crippen molar-refractivity contribution in [2.45, 2.75) is 52.9 Å². The number of hydrogen-bond donors (Lipinski definition) is 2. The Hall–Kier alpha value is -3.47. The molecule has 2 heterocycles. The van der Waals surface area contributed by atoms with Crippen LogP contribution in [0.25, 0.3) is 11.4 Å². The van der Waals surface area contributed by atoms with Gasteiger partial charge in [0, 0.05) is 48.3 Å². The van der Waals surface area contributed by atoms with Crippen LogP contribution >= 0.6 is 11.3 Å². The summed E-state index contributed by atoms with van der Waals surface area (Å²) in [6, 6.07) is 6.36. The lowest BCUT2D eigenvalue weighted by molar-refractivity contribution is -0.384. The van der Waals surface area contributed by atoms with Crippen molar-refractivity contribution in [1.29, 1.82) is 0 Å². The molecule has 1 amide bonds. The lowest BCUT2D eigenvalue weighted by Gasteiger charge is -2.51. The number of imidazole rings is 1. The molecule has 1 fully saturated rings. The zero-order chi connectivity index (χ0) is 25.2. The number of ketones is 1. The van der Waals surface area contributed by atoms with E-state index in [-0.39, 0.29) is 47.5 Å². The lowest BCUT2D eigenvalue weighted by Crippen LogP contribution is -2.48. The van der Waals surface area contributed by atoms with Crippen molar-refractivity contribution < 1.29 is 14.5 Å². The normalized spacial score (nSPS) is 18.6. The van der Waals surface area contributed by atoms with E-state index in [1.165, 1.54) is 23.5 Å². The fraction of sp³-hybridized carbons (Fsp3) is 0.458. The molecule has 2 N–H and O–H groups in total. The minimum absolute atomic E-state index is 0.0186. The van der Waals surface area contributed by atoms with Crippen LogP contribution in [-0.4, -0.2) is 36.8 Å². The molecule has 0 bridgehead atoms. The molecule has 3 aromatic rings. The van der Waals surface area contributed by atoms with Gasteiger partial charge in [-0.2, -0.15) is 0 Å². The van der Waals surface area contributed by atoms with Gasteiger partial charge in [-0.1, -0.05) is 37.3 Å². The Morgan fingerprint density at radius 1 is 1.29 bits per heavy atom. The van der Waals surface area contributed by atoms with E-state index in [0.717, 1.165) is 30.0 Å². The third-order valence-electron chi connectivity index (χ3n) is 6.70. The molecule has 1 saturated carbocycles. The standard InChI is InChI=1S/C24H28N6O4S/c1-14-28-29-23(35-14)27-21(32)10-9-20(31)18-12-24(2,3)19(18)8-7-16-13-25-22(26-16)15-5-4-6-17(11-15)30(33)34/h4-6,11,13,18-19H,7-10,12H2,1-3H3,(H,25,26)(H,27,29,32)/t18-,19+/m0/s1. The Balaban J connectivity index is 1.31. The molecule has 4 rings (SSSR count). The van der Waals surface area contributed by atoms with Crippen LogP contribution in [0.15, 0.2) is 30.5 Å². The number of rotatable bonds is 10. The first kappa shape index (κ1) is 24.6. The largest absolute Gasteiger partial charge is 0.342 e. The highest BCUT2D eigenvalue weighted by Crippen LogP contribution is 2.53. The van der Waals surface area contributed by atoms with E-state index in [1.54, 1.807) is 18.3 Å². The molecular weight excluding hydrogens is 468 g/mol. The summed E-state index contributed by atoms with van der Waals surface area (Å²) in [4.78, 5) is 43.3. The average Bonchev–Trinajstić information content (AvgIpc) is 3.45. The zero-order valence-electron chi connectivity index (χ0n) is 19.9. The van der Waals surface area contributed by atoms with Gasteiger partial charge in [0.25, 0.3) is 5.69 Å². The van der Waals surface area contributed by atoms with Crippen molar-refractivity contribution >= 4 is 33.8 Å². The van der Waals surface area contributed by atoms with E-state index in [9.17, 15) is 19.7 Å². The maximum Gasteiger partial charge on any atom is 0.270 e. The quantitative estimate of drug-likeness (QED) is 0.305. The van der Waals surface area contributed by atoms with Gasteiger partial charge in [0.2, 0.25) is 11.0 Å². The molecule has 1 aromatic carbocycles. The van der Waals surface area contributed by atoms with Gasteiger partial charge >= 0.3 is 0 Å². The SMILES string of the molecule is Cc1nnc(NC(=O)CCC(=O)[C@H]2CC(C)(C)[C@@H]2CCc2cnc(-c3cccc([N+](=O)[O-])c3)[nH]2)s1. The number of hydrogen-bond acceptors (Lipinski definition) is 8. The van der Waals surface area contributed by atoms with E-state index in [2.05, 4.69) is 39.3 Å². The predicted molar refractivity (Wildman–Crippen MR) is 132 cm³/mol. The van der Waals surface area contributed by atoms with Gasteiger partial charge in [-0.3, -0.25) is 19.7 Å². The second-order valence-electron chi connectivity index (χ2n) is 9.65. The molecule has 2 atom stereocenters. The van der Waals surface area contributed by atoms with Gasteiger partial charge in [-0.25, -0.2) is 4.98 Å². The number of carbonyl (C=O) groups excluding carboxylic acids is 2. The second kappa shape index (κ2) is 10.0. The van der Waals surface area contributed by atoms with Gasteiger partial charge < -0.3 is 10.3 Å². The predicted octanol–water partition coefficient (Wildman–Crippen LogP) is 4.73. The topological polar surface area (TPSA) is 144 Å². The summed E-state index contributed by atoms with van der Waals surface area (Å²) in [6.45, 7) is 6.16. The van der Waals surface area contributed by atoms with Gasteiger partial charge in [0.15, 0.2) is 0 Å². The van der Waals surface area contributed by atoms with Crippen LogP contribution in [-0.2, 0) is 16.0 Å². The van der Waals surface area contributed by atoms with Gasteiger partial charge in [0.05, 0.1) is 4.92 Å². The minimum Gasteiger partial charge on any atom is -0.342 e. The van der Waals surface area contributed by atoms with Crippen LogP contribution < -0.4 is 5.32 Å². The molecule has 2 aromatic heterocycles. The van der Waals surface area contributed by atoms with Crippen LogP contribution in [0.3, 0.4) is 0 Å². The summed E-state index contributed by atoms with van der Waals surface area (Å²) in [6.07, 6.45) is 4.44. The van der Waals surface area contributed by atoms with Crippen LogP contribution in [0.2, 0.25) is 0 Å². The van der Waals surface area contributed by atoms with E-state index >= 15 is 0 Å². The summed E-state index contributed by atoms with van der Waals surface area (Å²) >= 11 is 1.30. The molecule has 0 aliphatic heterocycles. The molecule has 1 aliphatic rings. The Labute approximate surface area is 206 Å². The first-order valence-electron chi connectivity index (χ1n) is 11.5. The third kappa shape index (κ3) is 5.79. The second-order valence-corrected chi connectivity index (χ2v) is 10.8. The molecule has 11 heteroatoms. The van der Waals surface area contributed by atoms with Gasteiger partial charge in [0.1, 0.15) is 16.6 Å². The van der Waals surface area contributed by atoms with Crippen molar-refractivity contribution in [3.63, 3.8) is 0 Å². The number of nitrogens with zero attached hydrogens (tertiary/aromatic N) is 4. The summed E-state index contributed by atoms with van der Waals surface area (Å²) in [5, 5.41) is 22.7. The Morgan fingerprint density at radius 2 is 2.09 bits per heavy atom. The number of nitro groups is 1. The number of H-pyrrole nitrogens is 1. The number of aromatic nitrogens is 4. The number of amides is 1. The number of aryl methyl sites for hydroxylation is 2. The number of Topliss-reactive ketones (excluding diaryl/α,β-unsaturated/α-hetero) is 1. The summed E-state index contributed by atoms with van der Waals surface area (Å²) in [7, 11) is 0. The van der Waals surface area contributed by atoms with Gasteiger partial charge in [-0.15, -0.1) is 10.2 Å². The van der Waals surface area contributed by atoms with Crippen molar-refractivity contribution in [2.75, 3.05) is 5.32 Å². The number of nitro benzene ring substituents is 1. The molecular formula is C24H28N6O4S. The van der Waals surface area contributed by atoms with E-state index in [4.69, 9.17) is 0 Å². The van der Waals surface area contributed by atoms with Crippen LogP contribution in [0.4, 0.5) is 10.8 Å². The third-order valence-corrected chi connectivity index (χ3v) is 7.46. The molecule has 1 aliphatic carbocycles. The molecule has 35 heavy (non-hydrogen) atoms. The van der Waals surface area contributed by atoms with Crippen molar-refractivity contribution in [3.05, 3.63) is 51.3 Å². The smallest absolute Gasteiger partial charge is 0.270 e. The van der Waals surface area contributed by atoms with Crippen molar-refractivity contribution in [3.8, 4) is 11.4 Å². The number of anilines is 1. The monoisotopic (exact) mass is 496 g/mol. The van der Waals surface area contributed by atoms with E-state index in [1.807, 2.05) is 6.92 Å². The number of nitrogens with one attached hydrogen (secondary N) is 2. The molecule has 10 nitrogen and oxygen atoms in total. The summed E-state index contributed by atoms with van der Waals surface area (Å²) in [5.41, 5.74) is 1.65. The van der Waals surface area contributed by atoms with Crippen LogP contribution in [0, 0.1) is 34.3 Å². The lowest BCUT2D eigenvalue weighted by atomic mass is 9.53. The maximum absolute atomic E-state index is 12.9. The highest BCUT2D eigenvalue weighted by molar-refractivity contribution is 7.15. The van der Waals surface area contributed by atoms with E-state index < -0.39 is 4.92 Å². The highest BCUT2D eigenvalue weighted by atomic mass is 32.1. The molecule has 0 spiro atoms. The van der Waals surface area contributed by atoms with Crippen molar-refractivity contribution in [1.82, 2.24) is 20.2 Å². The fourth-order valence-electron chi connectivity index (χ4n) is 4.84. The summed E-state index contributed by atoms with van der Waals surface area (Å²) in [5.74, 6) is 0.644. The molecule has 184 valence electrons. The molecule has 0 saturated heterocycles. The molecule has 0 radical (unpaired) electrons. The first-order chi connectivity index (χ1) is 16.6. The minimum atomic E-state index is -0.427. The number of aromatic amines is 1. The number of carbonyl (C=O) groups is 2. The van der Waals surface area contributed by atoms with Gasteiger partial charge in [-0.05, 0) is 37.5 Å². The van der Waals surface area contributed by atoms with E-state index in [0.29, 0.717) is 16.5 Å². The van der Waals surface area contributed by atoms with Crippen molar-refractivity contribution in [2.24, 2.45) is 17.3 Å². The fourth-order valence-corrected chi connectivity index (χ4v) is 5.44. The molecule has 0 unspecified atom stereocenters. The van der Waals surface area contributed by atoms with Crippen LogP contribution in [0.5, 0.6) is 0 Å².